The third-order valence-electron chi connectivity index (χ3n) is 4.17. The Morgan fingerprint density at radius 1 is 1.57 bits per heavy atom. The number of aliphatic hydroxyl groups excluding tert-OH is 1. The van der Waals surface area contributed by atoms with Crippen molar-refractivity contribution in [2.24, 2.45) is 5.92 Å². The van der Waals surface area contributed by atoms with Crippen LogP contribution in [0.5, 0.6) is 0 Å². The number of carbonyl (C=O) groups is 1. The van der Waals surface area contributed by atoms with Crippen LogP contribution in [-0.4, -0.2) is 41.7 Å². The van der Waals surface area contributed by atoms with E-state index in [0.29, 0.717) is 18.0 Å². The van der Waals surface area contributed by atoms with Gasteiger partial charge in [-0.05, 0) is 56.5 Å². The predicted molar refractivity (Wildman–Crippen MR) is 85.1 cm³/mol. The lowest BCUT2D eigenvalue weighted by Crippen LogP contribution is -2.28. The number of anilines is 2. The van der Waals surface area contributed by atoms with Gasteiger partial charge in [-0.1, -0.05) is 0 Å². The quantitative estimate of drug-likeness (QED) is 0.720. The van der Waals surface area contributed by atoms with E-state index in [-0.39, 0.29) is 12.0 Å². The predicted octanol–water partition coefficient (Wildman–Crippen LogP) is 1.61. The molecule has 0 spiro atoms. The Morgan fingerprint density at radius 3 is 2.95 bits per heavy atom. The van der Waals surface area contributed by atoms with Crippen LogP contribution in [0.15, 0.2) is 18.2 Å². The van der Waals surface area contributed by atoms with Crippen LogP contribution in [0.3, 0.4) is 0 Å². The molecule has 1 aliphatic heterocycles. The summed E-state index contributed by atoms with van der Waals surface area (Å²) in [6.45, 7) is 6.35. The first-order chi connectivity index (χ1) is 9.95. The Labute approximate surface area is 126 Å². The first-order valence-electron chi connectivity index (χ1n) is 7.52. The third-order valence-corrected chi connectivity index (χ3v) is 4.17. The molecule has 1 amide bonds. The van der Waals surface area contributed by atoms with Gasteiger partial charge in [-0.3, -0.25) is 4.79 Å². The molecule has 1 aliphatic rings. The van der Waals surface area contributed by atoms with Crippen molar-refractivity contribution < 1.29 is 9.90 Å². The second-order valence-corrected chi connectivity index (χ2v) is 5.96. The standard InChI is InChI=1S/C16H25N3O2/c1-11-9-14(17)3-4-15(11)18-16(21)6-8-19-7-5-13(10-19)12(2)20/h3-4,9,12-13,20H,5-8,10,17H2,1-2H3,(H,18,21). The molecule has 5 nitrogen and oxygen atoms in total. The maximum absolute atomic E-state index is 12.0. The van der Waals surface area contributed by atoms with Gasteiger partial charge in [-0.2, -0.15) is 0 Å². The van der Waals surface area contributed by atoms with E-state index < -0.39 is 0 Å². The zero-order valence-electron chi connectivity index (χ0n) is 12.8. The lowest BCUT2D eigenvalue weighted by Gasteiger charge is -2.17. The molecule has 1 aromatic carbocycles. The smallest absolute Gasteiger partial charge is 0.225 e. The van der Waals surface area contributed by atoms with Gasteiger partial charge in [-0.15, -0.1) is 0 Å². The molecule has 0 bridgehead atoms. The second-order valence-electron chi connectivity index (χ2n) is 5.96. The van der Waals surface area contributed by atoms with Crippen molar-refractivity contribution in [3.63, 3.8) is 0 Å². The number of nitrogens with two attached hydrogens (primary N) is 1. The fourth-order valence-corrected chi connectivity index (χ4v) is 2.76. The Bertz CT molecular complexity index is 502. The Balaban J connectivity index is 1.78. The lowest BCUT2D eigenvalue weighted by atomic mass is 10.0. The molecule has 1 fully saturated rings. The van der Waals surface area contributed by atoms with E-state index >= 15 is 0 Å². The molecule has 116 valence electrons. The zero-order valence-corrected chi connectivity index (χ0v) is 12.8. The fraction of sp³-hybridized carbons (Fsp3) is 0.562. The maximum Gasteiger partial charge on any atom is 0.225 e. The molecule has 1 saturated heterocycles. The van der Waals surface area contributed by atoms with E-state index in [1.54, 1.807) is 6.07 Å². The lowest BCUT2D eigenvalue weighted by molar-refractivity contribution is -0.116. The minimum Gasteiger partial charge on any atom is -0.399 e. The normalized spacial score (nSPS) is 20.4. The van der Waals surface area contributed by atoms with Crippen LogP contribution in [0.1, 0.15) is 25.3 Å². The van der Waals surface area contributed by atoms with Crippen LogP contribution in [0.25, 0.3) is 0 Å². The molecule has 2 rings (SSSR count). The summed E-state index contributed by atoms with van der Waals surface area (Å²) in [4.78, 5) is 14.2. The Kier molecular flexibility index (Phi) is 5.20. The molecule has 4 N–H and O–H groups in total. The third kappa shape index (κ3) is 4.44. The molecule has 2 atom stereocenters. The highest BCUT2D eigenvalue weighted by Crippen LogP contribution is 2.20. The molecule has 0 aliphatic carbocycles. The van der Waals surface area contributed by atoms with E-state index in [0.717, 1.165) is 37.3 Å². The van der Waals surface area contributed by atoms with Crippen LogP contribution in [0.4, 0.5) is 11.4 Å². The monoisotopic (exact) mass is 291 g/mol. The number of benzene rings is 1. The van der Waals surface area contributed by atoms with Gasteiger partial charge in [-0.25, -0.2) is 0 Å². The van der Waals surface area contributed by atoms with Gasteiger partial charge in [0.15, 0.2) is 0 Å². The van der Waals surface area contributed by atoms with Crippen molar-refractivity contribution in [1.82, 2.24) is 4.90 Å². The molecular formula is C16H25N3O2. The van der Waals surface area contributed by atoms with Gasteiger partial charge >= 0.3 is 0 Å². The van der Waals surface area contributed by atoms with Gasteiger partial charge in [0.05, 0.1) is 6.10 Å². The van der Waals surface area contributed by atoms with Crippen molar-refractivity contribution in [2.45, 2.75) is 32.8 Å². The highest BCUT2D eigenvalue weighted by molar-refractivity contribution is 5.91. The van der Waals surface area contributed by atoms with Crippen LogP contribution >= 0.6 is 0 Å². The van der Waals surface area contributed by atoms with Gasteiger partial charge in [0, 0.05) is 30.9 Å². The summed E-state index contributed by atoms with van der Waals surface area (Å²) in [5.74, 6) is 0.357. The largest absolute Gasteiger partial charge is 0.399 e. The summed E-state index contributed by atoms with van der Waals surface area (Å²) in [6.07, 6.45) is 1.22. The number of rotatable bonds is 5. The summed E-state index contributed by atoms with van der Waals surface area (Å²) < 4.78 is 0. The van der Waals surface area contributed by atoms with Gasteiger partial charge in [0.2, 0.25) is 5.91 Å². The van der Waals surface area contributed by atoms with Gasteiger partial charge < -0.3 is 21.1 Å². The number of aliphatic hydroxyl groups is 1. The average Bonchev–Trinajstić information content (AvgIpc) is 2.89. The van der Waals surface area contributed by atoms with Crippen molar-refractivity contribution in [2.75, 3.05) is 30.7 Å². The minimum atomic E-state index is -0.263. The number of hydrogen-bond donors (Lipinski definition) is 3. The number of likely N-dealkylation sites (tertiary alicyclic amines) is 1. The molecule has 0 saturated carbocycles. The van der Waals surface area contributed by atoms with Crippen molar-refractivity contribution >= 4 is 17.3 Å². The van der Waals surface area contributed by atoms with Crippen LogP contribution < -0.4 is 11.1 Å². The molecule has 1 aromatic rings. The molecule has 5 heteroatoms. The van der Waals surface area contributed by atoms with E-state index in [1.165, 1.54) is 0 Å². The van der Waals surface area contributed by atoms with Crippen LogP contribution in [0, 0.1) is 12.8 Å². The van der Waals surface area contributed by atoms with Gasteiger partial charge in [0.25, 0.3) is 0 Å². The maximum atomic E-state index is 12.0. The molecule has 0 radical (unpaired) electrons. The number of nitrogens with zero attached hydrogens (tertiary/aromatic N) is 1. The zero-order chi connectivity index (χ0) is 15.4. The average molecular weight is 291 g/mol. The Morgan fingerprint density at radius 2 is 2.33 bits per heavy atom. The minimum absolute atomic E-state index is 0.0170. The van der Waals surface area contributed by atoms with Crippen molar-refractivity contribution in [3.8, 4) is 0 Å². The molecule has 1 heterocycles. The van der Waals surface area contributed by atoms with Crippen molar-refractivity contribution in [1.29, 1.82) is 0 Å². The topological polar surface area (TPSA) is 78.6 Å². The van der Waals surface area contributed by atoms with Gasteiger partial charge in [0.1, 0.15) is 0 Å². The summed E-state index contributed by atoms with van der Waals surface area (Å²) in [7, 11) is 0. The molecular weight excluding hydrogens is 266 g/mol. The number of hydrogen-bond acceptors (Lipinski definition) is 4. The van der Waals surface area contributed by atoms with Crippen molar-refractivity contribution in [3.05, 3.63) is 23.8 Å². The number of amides is 1. The number of aryl methyl sites for hydroxylation is 1. The SMILES string of the molecule is Cc1cc(N)ccc1NC(=O)CCN1CCC(C(C)O)C1. The number of nitrogen functional groups attached to an aromatic ring is 1. The first kappa shape index (κ1) is 15.8. The fourth-order valence-electron chi connectivity index (χ4n) is 2.76. The number of nitrogens with one attached hydrogen (secondary N) is 1. The summed E-state index contributed by atoms with van der Waals surface area (Å²) in [5.41, 5.74) is 8.19. The number of carbonyl (C=O) groups excluding carboxylic acids is 1. The van der Waals surface area contributed by atoms with E-state index in [9.17, 15) is 9.90 Å². The first-order valence-corrected chi connectivity index (χ1v) is 7.52. The van der Waals surface area contributed by atoms with E-state index in [4.69, 9.17) is 5.73 Å². The van der Waals surface area contributed by atoms with Crippen LogP contribution in [-0.2, 0) is 4.79 Å². The summed E-state index contributed by atoms with van der Waals surface area (Å²) in [6, 6.07) is 5.47. The molecule has 0 aromatic heterocycles. The molecule has 21 heavy (non-hydrogen) atoms. The van der Waals surface area contributed by atoms with Crippen LogP contribution in [0.2, 0.25) is 0 Å². The summed E-state index contributed by atoms with van der Waals surface area (Å²) in [5, 5.41) is 12.5. The highest BCUT2D eigenvalue weighted by atomic mass is 16.3. The highest BCUT2D eigenvalue weighted by Gasteiger charge is 2.25. The second kappa shape index (κ2) is 6.91. The van der Waals surface area contributed by atoms with E-state index in [2.05, 4.69) is 10.2 Å². The summed E-state index contributed by atoms with van der Waals surface area (Å²) >= 11 is 0. The van der Waals surface area contributed by atoms with E-state index in [1.807, 2.05) is 26.0 Å². The Hall–Kier alpha value is -1.59. The molecule has 2 unspecified atom stereocenters.